The fourth-order valence-corrected chi connectivity index (χ4v) is 6.18. The average molecular weight is 677 g/mol. The number of carboxylic acid groups (broad SMARTS) is 1. The van der Waals surface area contributed by atoms with Crippen LogP contribution in [0.3, 0.4) is 0 Å². The summed E-state index contributed by atoms with van der Waals surface area (Å²) in [5, 5.41) is 9.15. The second kappa shape index (κ2) is 18.4. The third-order valence-electron chi connectivity index (χ3n) is 6.19. The first-order chi connectivity index (χ1) is 21.0. The molecule has 0 radical (unpaired) electrons. The number of benzene rings is 2. The van der Waals surface area contributed by atoms with E-state index in [1.165, 1.54) is 40.6 Å². The number of halogens is 2. The Morgan fingerprint density at radius 2 is 1.11 bits per heavy atom. The fourth-order valence-electron chi connectivity index (χ4n) is 4.07. The van der Waals surface area contributed by atoms with E-state index in [9.17, 15) is 28.0 Å². The second-order valence-corrected chi connectivity index (χ2v) is 11.1. The van der Waals surface area contributed by atoms with Crippen molar-refractivity contribution in [3.8, 4) is 23.0 Å². The first-order valence-corrected chi connectivity index (χ1v) is 14.7. The summed E-state index contributed by atoms with van der Waals surface area (Å²) in [7, 11) is 5.50. The van der Waals surface area contributed by atoms with E-state index in [0.717, 1.165) is 22.7 Å². The van der Waals surface area contributed by atoms with Crippen LogP contribution in [0.4, 0.5) is 8.78 Å². The Bertz CT molecular complexity index is 1700. The van der Waals surface area contributed by atoms with E-state index in [1.54, 1.807) is 19.1 Å². The number of ketones is 2. The van der Waals surface area contributed by atoms with Crippen molar-refractivity contribution >= 4 is 66.4 Å². The Hall–Kier alpha value is -3.74. The van der Waals surface area contributed by atoms with Crippen LogP contribution in [0.25, 0.3) is 20.2 Å². The molecule has 0 fully saturated rings. The van der Waals surface area contributed by atoms with Gasteiger partial charge in [-0.2, -0.15) is 0 Å². The van der Waals surface area contributed by atoms with Gasteiger partial charge in [0.1, 0.15) is 0 Å². The number of esters is 1. The number of carbonyl (C=O) groups excluding carboxylic acids is 3. The number of methoxy groups -OCH3 is 4. The maximum atomic E-state index is 14.4. The number of Topliss-reactive ketones (excluding diaryl/α,β-unsaturated/α-hetero) is 2. The molecule has 2 heterocycles. The summed E-state index contributed by atoms with van der Waals surface area (Å²) in [6.07, 6.45) is -0.322. The van der Waals surface area contributed by atoms with Crippen molar-refractivity contribution in [2.75, 3.05) is 35.0 Å². The summed E-state index contributed by atoms with van der Waals surface area (Å²) in [4.78, 5) is 46.6. The molecule has 46 heavy (non-hydrogen) atoms. The van der Waals surface area contributed by atoms with Crippen LogP contribution in [0.15, 0.2) is 24.3 Å². The minimum absolute atomic E-state index is 0. The number of thiophene rings is 2. The van der Waals surface area contributed by atoms with Gasteiger partial charge in [0.2, 0.25) is 0 Å². The molecule has 0 saturated heterocycles. The van der Waals surface area contributed by atoms with Crippen molar-refractivity contribution < 1.29 is 81.1 Å². The minimum atomic E-state index is -1.04. The number of fused-ring (bicyclic) bond motifs is 2. The van der Waals surface area contributed by atoms with Gasteiger partial charge in [0, 0.05) is 45.1 Å². The van der Waals surface area contributed by atoms with Crippen LogP contribution in [0.2, 0.25) is 0 Å². The van der Waals surface area contributed by atoms with Crippen molar-refractivity contribution in [2.24, 2.45) is 0 Å². The molecule has 16 heteroatoms. The normalized spacial score (nSPS) is 10.2. The van der Waals surface area contributed by atoms with Gasteiger partial charge in [-0.25, -0.2) is 8.78 Å². The Morgan fingerprint density at radius 1 is 0.696 bits per heavy atom. The zero-order valence-electron chi connectivity index (χ0n) is 26.0. The third kappa shape index (κ3) is 9.40. The Balaban J connectivity index is 0.000000442. The quantitative estimate of drug-likeness (QED) is 0.125. The molecule has 2 N–H and O–H groups in total. The molecule has 0 amide bonds. The van der Waals surface area contributed by atoms with E-state index in [1.807, 2.05) is 0 Å². The number of carbonyl (C=O) groups is 4. The largest absolute Gasteiger partial charge is 1.00 e. The molecule has 244 valence electrons. The number of aliphatic carboxylic acids is 1. The molecule has 0 aliphatic rings. The van der Waals surface area contributed by atoms with Crippen LogP contribution in [0.1, 0.15) is 52.0 Å². The number of carboxylic acids is 1. The maximum absolute atomic E-state index is 14.4. The predicted molar refractivity (Wildman–Crippen MR) is 163 cm³/mol. The van der Waals surface area contributed by atoms with E-state index in [4.69, 9.17) is 28.8 Å². The third-order valence-corrected chi connectivity index (χ3v) is 8.44. The van der Waals surface area contributed by atoms with Crippen molar-refractivity contribution in [1.29, 1.82) is 0 Å². The van der Waals surface area contributed by atoms with Crippen molar-refractivity contribution in [1.82, 2.24) is 0 Å². The predicted octanol–water partition coefficient (Wildman–Crippen LogP) is 3.52. The monoisotopic (exact) mass is 676 g/mol. The molecule has 4 rings (SSSR count). The van der Waals surface area contributed by atoms with Gasteiger partial charge in [-0.3, -0.25) is 19.2 Å². The van der Waals surface area contributed by atoms with Crippen molar-refractivity contribution in [2.45, 2.75) is 32.6 Å². The van der Waals surface area contributed by atoms with Crippen LogP contribution >= 0.6 is 22.7 Å². The summed E-state index contributed by atoms with van der Waals surface area (Å²) in [5.41, 5.74) is 0. The van der Waals surface area contributed by atoms with Crippen molar-refractivity contribution in [3.05, 3.63) is 45.7 Å². The molecule has 2 aromatic carbocycles. The van der Waals surface area contributed by atoms with Gasteiger partial charge in [0.15, 0.2) is 46.2 Å². The number of rotatable bonds is 13. The van der Waals surface area contributed by atoms with Gasteiger partial charge in [-0.1, -0.05) is 0 Å². The summed E-state index contributed by atoms with van der Waals surface area (Å²) in [5.74, 6) is -2.68. The van der Waals surface area contributed by atoms with Gasteiger partial charge in [-0.05, 0) is 19.1 Å². The first kappa shape index (κ1) is 40.3. The summed E-state index contributed by atoms with van der Waals surface area (Å²) >= 11 is 2.26. The maximum Gasteiger partial charge on any atom is 1.00 e. The van der Waals surface area contributed by atoms with E-state index >= 15 is 0 Å². The molecule has 2 aromatic heterocycles. The average Bonchev–Trinajstić information content (AvgIpc) is 3.64. The van der Waals surface area contributed by atoms with Gasteiger partial charge in [0.05, 0.1) is 57.6 Å². The van der Waals surface area contributed by atoms with E-state index in [2.05, 4.69) is 0 Å². The minimum Gasteiger partial charge on any atom is -0.870 e. The zero-order valence-corrected chi connectivity index (χ0v) is 27.6. The molecule has 0 atom stereocenters. The Morgan fingerprint density at radius 3 is 1.46 bits per heavy atom. The molecule has 0 aliphatic heterocycles. The van der Waals surface area contributed by atoms with E-state index in [-0.39, 0.29) is 96.6 Å². The molecule has 0 spiro atoms. The number of hydrogen-bond donors (Lipinski definition) is 1. The van der Waals surface area contributed by atoms with Gasteiger partial charge >= 0.3 is 30.8 Å². The first-order valence-electron chi connectivity index (χ1n) is 13.1. The van der Waals surface area contributed by atoms with E-state index in [0.29, 0.717) is 24.5 Å². The molecule has 0 unspecified atom stereocenters. The summed E-state index contributed by atoms with van der Waals surface area (Å²) in [6, 6.07) is 6.12. The number of ether oxygens (including phenoxy) is 5. The second-order valence-electron chi connectivity index (χ2n) is 8.94. The van der Waals surface area contributed by atoms with Crippen molar-refractivity contribution in [3.63, 3.8) is 0 Å². The van der Waals surface area contributed by atoms with Gasteiger partial charge in [0.25, 0.3) is 0 Å². The Kier molecular flexibility index (Phi) is 16.1. The van der Waals surface area contributed by atoms with Crippen LogP contribution < -0.4 is 37.8 Å². The topological polar surface area (TPSA) is 165 Å². The SMILES string of the molecule is CCOC(=O)CCC(=O)c1cc2c(F)c(OC)c(OC)cc2s1.COc1cc2sc(C(=O)CCC(=O)O)cc2c(F)c1OC.[Li+].[OH-]. The molecule has 0 bridgehead atoms. The molecule has 0 aliphatic carbocycles. The fraction of sp³-hybridized carbons (Fsp3) is 0.333. The molecular weight excluding hydrogens is 645 g/mol. The molecule has 0 saturated carbocycles. The van der Waals surface area contributed by atoms with Crippen LogP contribution in [0.5, 0.6) is 23.0 Å². The molecular formula is C30H31F2LiO11S2. The van der Waals surface area contributed by atoms with E-state index < -0.39 is 23.6 Å². The van der Waals surface area contributed by atoms with Crippen LogP contribution in [-0.4, -0.2) is 69.1 Å². The van der Waals surface area contributed by atoms with Crippen LogP contribution in [-0.2, 0) is 14.3 Å². The number of hydrogen-bond acceptors (Lipinski definition) is 12. The summed E-state index contributed by atoms with van der Waals surface area (Å²) < 4.78 is 54.8. The molecule has 4 aromatic rings. The van der Waals surface area contributed by atoms with Gasteiger partial charge < -0.3 is 34.3 Å². The summed E-state index contributed by atoms with van der Waals surface area (Å²) in [6.45, 7) is 1.98. The standard InChI is InChI=1S/C16H17FO5S.C14H13FO5S.Li.H2O/c1-4-22-14(19)6-5-10(18)13-7-9-12(23-13)8-11(20-2)16(21-3)15(9)17;1-19-9-6-10-7(13(15)14(9)20-2)5-11(21-10)8(16)3-4-12(17)18;;/h7-8H,4-6H2,1-3H3;5-6H,3-4H2,1-2H3,(H,17,18);;1H2/q;;+1;/p-1. The van der Waals surface area contributed by atoms with Crippen LogP contribution in [0, 0.1) is 11.6 Å². The molecule has 11 nitrogen and oxygen atoms in total. The Labute approximate surface area is 282 Å². The smallest absolute Gasteiger partial charge is 0.870 e. The van der Waals surface area contributed by atoms with Gasteiger partial charge in [-0.15, -0.1) is 22.7 Å². The zero-order chi connectivity index (χ0) is 32.6.